The SMILES string of the molecule is C=C[C@H]1C[C@@]1(CC(=O)C1C[C@@H]2CN1C(=O)[C@H](C(C)(C)C)NC(=O)OCC(C)(C)OC/C=C/COc1cccc3c1CN(C3)C(=O)O2)C(=O)NS(=O)(=O)C1CC1. The molecule has 2 N–H and O–H groups in total. The Balaban J connectivity index is 1.28. The highest BCUT2D eigenvalue weighted by molar-refractivity contribution is 7.90. The van der Waals surface area contributed by atoms with E-state index in [0.717, 1.165) is 11.1 Å². The van der Waals surface area contributed by atoms with Crippen molar-refractivity contribution >= 4 is 39.8 Å². The van der Waals surface area contributed by atoms with E-state index in [1.165, 1.54) is 15.9 Å². The molecule has 16 heteroatoms. The van der Waals surface area contributed by atoms with Crippen LogP contribution in [0.15, 0.2) is 43.0 Å². The Hall–Kier alpha value is -4.44. The molecule has 1 unspecified atom stereocenters. The Kier molecular flexibility index (Phi) is 11.1. The normalized spacial score (nSPS) is 29.4. The Morgan fingerprint density at radius 1 is 1.07 bits per heavy atom. The van der Waals surface area contributed by atoms with Gasteiger partial charge in [-0.25, -0.2) is 18.0 Å². The highest BCUT2D eigenvalue weighted by atomic mass is 32.2. The Labute approximate surface area is 322 Å². The first-order valence-corrected chi connectivity index (χ1v) is 20.3. The summed E-state index contributed by atoms with van der Waals surface area (Å²) in [5.74, 6) is -1.71. The second kappa shape index (κ2) is 15.2. The molecule has 1 aromatic rings. The lowest BCUT2D eigenvalue weighted by Gasteiger charge is -2.35. The zero-order valence-corrected chi connectivity index (χ0v) is 32.9. The number of carbonyl (C=O) groups is 5. The second-order valence-corrected chi connectivity index (χ2v) is 18.9. The molecule has 5 aliphatic rings. The van der Waals surface area contributed by atoms with E-state index in [-0.39, 0.29) is 58.7 Å². The number of rotatable bonds is 7. The van der Waals surface area contributed by atoms with E-state index in [0.29, 0.717) is 18.6 Å². The van der Waals surface area contributed by atoms with E-state index in [9.17, 15) is 32.4 Å². The van der Waals surface area contributed by atoms with Gasteiger partial charge in [0.1, 0.15) is 31.1 Å². The van der Waals surface area contributed by atoms with E-state index >= 15 is 0 Å². The van der Waals surface area contributed by atoms with Crippen LogP contribution in [-0.2, 0) is 51.7 Å². The molecule has 15 nitrogen and oxygen atoms in total. The fourth-order valence-electron chi connectivity index (χ4n) is 7.42. The second-order valence-electron chi connectivity index (χ2n) is 16.9. The average molecular weight is 785 g/mol. The maximum atomic E-state index is 14.5. The molecule has 0 aromatic heterocycles. The zero-order chi connectivity index (χ0) is 39.9. The number of sulfonamides is 1. The molecular formula is C39H52N4O11S. The first-order valence-electron chi connectivity index (χ1n) is 18.8. The standard InChI is InChI=1S/C39H52N4O11S/c1-7-25-18-39(25,34(46)41-55(49,50)27-13-14-27)19-30(44)29-17-26-21-43(29)33(45)32(37(2,3)4)40-35(47)52-23-38(5,6)53-16-9-8-15-51-31-12-10-11-24-20-42(22-28(24)31)36(48)54-26/h7-12,25-27,29,32H,1,13-23H2,2-6H3,(H,40,47)(H,41,46)/b9-8+/t25-,26+,29?,32+,39-/m0/s1. The van der Waals surface area contributed by atoms with Crippen molar-refractivity contribution in [3.63, 3.8) is 0 Å². The summed E-state index contributed by atoms with van der Waals surface area (Å²) in [4.78, 5) is 72.1. The van der Waals surface area contributed by atoms with Gasteiger partial charge >= 0.3 is 12.2 Å². The maximum absolute atomic E-state index is 14.5. The number of fused-ring (bicyclic) bond motifs is 3. The fourth-order valence-corrected chi connectivity index (χ4v) is 8.80. The minimum absolute atomic E-state index is 0.0680. The van der Waals surface area contributed by atoms with Gasteiger partial charge in [-0.1, -0.05) is 45.1 Å². The molecule has 0 radical (unpaired) electrons. The molecule has 4 amide bonds. The third-order valence-electron chi connectivity index (χ3n) is 10.9. The molecule has 3 heterocycles. The quantitative estimate of drug-likeness (QED) is 0.384. The molecule has 1 saturated heterocycles. The van der Waals surface area contributed by atoms with E-state index < -0.39 is 85.6 Å². The fraction of sp³-hybridized carbons (Fsp3) is 0.615. The molecule has 6 rings (SSSR count). The summed E-state index contributed by atoms with van der Waals surface area (Å²) in [6.45, 7) is 13.3. The number of nitrogens with one attached hydrogen (secondary N) is 2. The van der Waals surface area contributed by atoms with Crippen LogP contribution in [0.5, 0.6) is 5.75 Å². The predicted octanol–water partition coefficient (Wildman–Crippen LogP) is 3.75. The van der Waals surface area contributed by atoms with Gasteiger partial charge in [0.15, 0.2) is 5.78 Å². The molecule has 1 aromatic carbocycles. The molecule has 3 fully saturated rings. The summed E-state index contributed by atoms with van der Waals surface area (Å²) in [6.07, 6.45) is 3.40. The molecule has 2 aliphatic carbocycles. The number of carbonyl (C=O) groups excluding carboxylic acids is 5. The third-order valence-corrected chi connectivity index (χ3v) is 12.8. The molecule has 55 heavy (non-hydrogen) atoms. The van der Waals surface area contributed by atoms with Gasteiger partial charge in [-0.15, -0.1) is 6.58 Å². The number of allylic oxidation sites excluding steroid dienone is 1. The summed E-state index contributed by atoms with van der Waals surface area (Å²) >= 11 is 0. The first kappa shape index (κ1) is 40.2. The van der Waals surface area contributed by atoms with Gasteiger partial charge in [0, 0.05) is 24.9 Å². The minimum Gasteiger partial charge on any atom is -0.489 e. The van der Waals surface area contributed by atoms with Crippen molar-refractivity contribution in [2.45, 2.75) is 109 Å². The number of ketones is 1. The highest BCUT2D eigenvalue weighted by Crippen LogP contribution is 2.57. The number of hydrogen-bond donors (Lipinski definition) is 2. The number of amides is 4. The van der Waals surface area contributed by atoms with Crippen molar-refractivity contribution in [3.8, 4) is 5.75 Å². The van der Waals surface area contributed by atoms with Crippen LogP contribution in [0.3, 0.4) is 0 Å². The van der Waals surface area contributed by atoms with Crippen molar-refractivity contribution in [2.75, 3.05) is 26.4 Å². The summed E-state index contributed by atoms with van der Waals surface area (Å²) in [5, 5.41) is 2.04. The summed E-state index contributed by atoms with van der Waals surface area (Å²) in [6, 6.07) is 3.26. The van der Waals surface area contributed by atoms with E-state index in [1.54, 1.807) is 40.7 Å². The largest absolute Gasteiger partial charge is 0.489 e. The lowest BCUT2D eigenvalue weighted by atomic mass is 9.85. The minimum atomic E-state index is -3.89. The van der Waals surface area contributed by atoms with Crippen molar-refractivity contribution < 1.29 is 51.3 Å². The van der Waals surface area contributed by atoms with Gasteiger partial charge < -0.3 is 29.2 Å². The Morgan fingerprint density at radius 2 is 1.80 bits per heavy atom. The van der Waals surface area contributed by atoms with Crippen LogP contribution in [0.25, 0.3) is 0 Å². The first-order chi connectivity index (χ1) is 25.8. The zero-order valence-electron chi connectivity index (χ0n) is 32.1. The topological polar surface area (TPSA) is 187 Å². The number of nitrogens with zero attached hydrogens (tertiary/aromatic N) is 2. The highest BCUT2D eigenvalue weighted by Gasteiger charge is 2.61. The third kappa shape index (κ3) is 9.01. The van der Waals surface area contributed by atoms with Crippen LogP contribution in [-0.4, -0.2) is 103 Å². The molecular weight excluding hydrogens is 733 g/mol. The van der Waals surface area contributed by atoms with Crippen molar-refractivity contribution in [1.82, 2.24) is 19.8 Å². The van der Waals surface area contributed by atoms with Crippen LogP contribution >= 0.6 is 0 Å². The molecule has 5 atom stereocenters. The molecule has 300 valence electrons. The summed E-state index contributed by atoms with van der Waals surface area (Å²) in [7, 11) is -3.89. The molecule has 2 saturated carbocycles. The lowest BCUT2D eigenvalue weighted by molar-refractivity contribution is -0.142. The van der Waals surface area contributed by atoms with Gasteiger partial charge in [-0.2, -0.15) is 0 Å². The molecule has 3 aliphatic heterocycles. The Bertz CT molecular complexity index is 1870. The molecule has 0 spiro atoms. The van der Waals surface area contributed by atoms with Crippen molar-refractivity contribution in [2.24, 2.45) is 16.7 Å². The number of hydrogen-bond acceptors (Lipinski definition) is 11. The van der Waals surface area contributed by atoms with Crippen LogP contribution < -0.4 is 14.8 Å². The van der Waals surface area contributed by atoms with Crippen LogP contribution in [0.2, 0.25) is 0 Å². The van der Waals surface area contributed by atoms with Gasteiger partial charge in [0.25, 0.3) is 0 Å². The monoisotopic (exact) mass is 784 g/mol. The lowest BCUT2D eigenvalue weighted by Crippen LogP contribution is -2.57. The van der Waals surface area contributed by atoms with Crippen LogP contribution in [0.1, 0.15) is 77.8 Å². The van der Waals surface area contributed by atoms with Gasteiger partial charge in [-0.3, -0.25) is 24.0 Å². The van der Waals surface area contributed by atoms with Crippen molar-refractivity contribution in [1.29, 1.82) is 0 Å². The number of benzene rings is 1. The number of Topliss-reactive ketones (excluding diaryl/α,β-unsaturated/α-hetero) is 1. The van der Waals surface area contributed by atoms with E-state index in [2.05, 4.69) is 16.6 Å². The van der Waals surface area contributed by atoms with E-state index in [1.807, 2.05) is 24.3 Å². The maximum Gasteiger partial charge on any atom is 0.410 e. The Morgan fingerprint density at radius 3 is 2.47 bits per heavy atom. The van der Waals surface area contributed by atoms with Crippen molar-refractivity contribution in [3.05, 3.63) is 54.1 Å². The summed E-state index contributed by atoms with van der Waals surface area (Å²) < 4.78 is 51.1. The van der Waals surface area contributed by atoms with Crippen LogP contribution in [0.4, 0.5) is 9.59 Å². The number of alkyl carbamates (subject to hydrolysis) is 1. The van der Waals surface area contributed by atoms with Gasteiger partial charge in [0.2, 0.25) is 21.8 Å². The predicted molar refractivity (Wildman–Crippen MR) is 199 cm³/mol. The van der Waals surface area contributed by atoms with Gasteiger partial charge in [-0.05, 0) is 62.1 Å². The average Bonchev–Trinajstić information content (AvgIpc) is 4.00. The number of cyclic esters (lactones) is 1. The summed E-state index contributed by atoms with van der Waals surface area (Å²) in [5.41, 5.74) is -1.36. The van der Waals surface area contributed by atoms with E-state index in [4.69, 9.17) is 18.9 Å². The smallest absolute Gasteiger partial charge is 0.410 e. The number of ether oxygens (including phenoxy) is 4. The van der Waals surface area contributed by atoms with Gasteiger partial charge in [0.05, 0.1) is 42.0 Å². The van der Waals surface area contributed by atoms with Crippen LogP contribution in [0, 0.1) is 16.7 Å². The molecule has 4 bridgehead atoms.